The summed E-state index contributed by atoms with van der Waals surface area (Å²) in [6.07, 6.45) is 1.36. The molecule has 0 unspecified atom stereocenters. The Morgan fingerprint density at radius 3 is 2.29 bits per heavy atom. The Morgan fingerprint density at radius 1 is 1.10 bits per heavy atom. The maximum atomic E-state index is 13.0. The summed E-state index contributed by atoms with van der Waals surface area (Å²) < 4.78 is 19.7. The molecule has 8 heteroatoms. The van der Waals surface area contributed by atoms with Crippen LogP contribution in [0.5, 0.6) is 5.75 Å². The molecule has 0 aliphatic carbocycles. The number of nitriles is 1. The van der Waals surface area contributed by atoms with Crippen LogP contribution in [-0.4, -0.2) is 5.91 Å². The van der Waals surface area contributed by atoms with Crippen LogP contribution in [0.15, 0.2) is 70.7 Å². The molecule has 3 aromatic carbocycles. The molecule has 3 rings (SSSR count). The third-order valence-electron chi connectivity index (χ3n) is 4.10. The number of carbonyl (C=O) groups is 1. The molecule has 1 amide bonds. The predicted molar refractivity (Wildman–Crippen MR) is 124 cm³/mol. The zero-order valence-electron chi connectivity index (χ0n) is 15.8. The monoisotopic (exact) mass is 518 g/mol. The van der Waals surface area contributed by atoms with E-state index in [2.05, 4.69) is 21.2 Å². The SMILES string of the molecule is N#C/C(=C\c1cc(Cl)c(OCc2ccc(Br)cc2)c(Cl)c1)C(=O)Nc1ccc(F)cc1. The van der Waals surface area contributed by atoms with Crippen molar-refractivity contribution in [3.05, 3.63) is 97.7 Å². The van der Waals surface area contributed by atoms with Crippen LogP contribution in [0.4, 0.5) is 10.1 Å². The Morgan fingerprint density at radius 2 is 1.71 bits per heavy atom. The Kier molecular flexibility index (Phi) is 7.69. The molecule has 0 heterocycles. The summed E-state index contributed by atoms with van der Waals surface area (Å²) in [6, 6.07) is 17.8. The van der Waals surface area contributed by atoms with Gasteiger partial charge in [-0.25, -0.2) is 4.39 Å². The van der Waals surface area contributed by atoms with Crippen LogP contribution in [0.25, 0.3) is 6.08 Å². The van der Waals surface area contributed by atoms with Gasteiger partial charge in [0.1, 0.15) is 24.1 Å². The minimum Gasteiger partial charge on any atom is -0.486 e. The fourth-order valence-corrected chi connectivity index (χ4v) is 3.46. The van der Waals surface area contributed by atoms with E-state index in [0.29, 0.717) is 17.0 Å². The van der Waals surface area contributed by atoms with Gasteiger partial charge < -0.3 is 10.1 Å². The Balaban J connectivity index is 1.76. The number of ether oxygens (including phenoxy) is 1. The molecule has 0 radical (unpaired) electrons. The number of halogens is 4. The summed E-state index contributed by atoms with van der Waals surface area (Å²) in [5.74, 6) is -0.768. The van der Waals surface area contributed by atoms with Crippen LogP contribution in [-0.2, 0) is 11.4 Å². The van der Waals surface area contributed by atoms with Gasteiger partial charge in [0.25, 0.3) is 5.91 Å². The standard InChI is InChI=1S/C23H14BrCl2FN2O2/c24-17-3-1-14(2-4-17)13-31-22-20(25)10-15(11-21(22)26)9-16(12-28)23(30)29-19-7-5-18(27)6-8-19/h1-11H,13H2,(H,29,30)/b16-9+. The van der Waals surface area contributed by atoms with E-state index in [9.17, 15) is 14.4 Å². The van der Waals surface area contributed by atoms with E-state index in [1.165, 1.54) is 30.3 Å². The molecule has 0 saturated carbocycles. The summed E-state index contributed by atoms with van der Waals surface area (Å²) >= 11 is 16.0. The smallest absolute Gasteiger partial charge is 0.266 e. The first kappa shape index (κ1) is 22.8. The second-order valence-corrected chi connectivity index (χ2v) is 8.09. The van der Waals surface area contributed by atoms with Crippen molar-refractivity contribution in [3.63, 3.8) is 0 Å². The van der Waals surface area contributed by atoms with Crippen LogP contribution in [0.2, 0.25) is 10.0 Å². The Hall–Kier alpha value is -2.85. The van der Waals surface area contributed by atoms with Gasteiger partial charge in [0.2, 0.25) is 0 Å². The Bertz CT molecular complexity index is 1150. The molecule has 3 aromatic rings. The molecule has 0 bridgehead atoms. The van der Waals surface area contributed by atoms with Crippen molar-refractivity contribution >= 4 is 56.8 Å². The van der Waals surface area contributed by atoms with Gasteiger partial charge in [-0.05, 0) is 65.7 Å². The first-order valence-corrected chi connectivity index (χ1v) is 10.5. The summed E-state index contributed by atoms with van der Waals surface area (Å²) in [5, 5.41) is 12.4. The lowest BCUT2D eigenvalue weighted by Gasteiger charge is -2.11. The second kappa shape index (κ2) is 10.5. The van der Waals surface area contributed by atoms with Gasteiger partial charge in [0.15, 0.2) is 5.75 Å². The molecule has 0 fully saturated rings. The molecule has 4 nitrogen and oxygen atoms in total. The number of anilines is 1. The van der Waals surface area contributed by atoms with Crippen molar-refractivity contribution in [2.24, 2.45) is 0 Å². The van der Waals surface area contributed by atoms with Crippen molar-refractivity contribution < 1.29 is 13.9 Å². The van der Waals surface area contributed by atoms with Gasteiger partial charge in [-0.1, -0.05) is 51.3 Å². The number of rotatable bonds is 6. The molecule has 156 valence electrons. The van der Waals surface area contributed by atoms with Crippen LogP contribution >= 0.6 is 39.1 Å². The van der Waals surface area contributed by atoms with E-state index in [1.54, 1.807) is 12.1 Å². The summed E-state index contributed by atoms with van der Waals surface area (Å²) in [4.78, 5) is 12.4. The molecule has 0 saturated heterocycles. The second-order valence-electron chi connectivity index (χ2n) is 6.36. The highest BCUT2D eigenvalue weighted by Crippen LogP contribution is 2.35. The highest BCUT2D eigenvalue weighted by Gasteiger charge is 2.13. The van der Waals surface area contributed by atoms with Crippen LogP contribution in [0.3, 0.4) is 0 Å². The maximum Gasteiger partial charge on any atom is 0.266 e. The highest BCUT2D eigenvalue weighted by atomic mass is 79.9. The van der Waals surface area contributed by atoms with Crippen molar-refractivity contribution in [2.75, 3.05) is 5.32 Å². The fourth-order valence-electron chi connectivity index (χ4n) is 2.58. The van der Waals surface area contributed by atoms with E-state index in [0.717, 1.165) is 10.0 Å². The number of hydrogen-bond acceptors (Lipinski definition) is 3. The molecule has 0 aromatic heterocycles. The molecule has 31 heavy (non-hydrogen) atoms. The summed E-state index contributed by atoms with van der Waals surface area (Å²) in [7, 11) is 0. The van der Waals surface area contributed by atoms with Gasteiger partial charge in [-0.3, -0.25) is 4.79 Å². The number of nitrogens with one attached hydrogen (secondary N) is 1. The molecular weight excluding hydrogens is 506 g/mol. The molecule has 0 spiro atoms. The van der Waals surface area contributed by atoms with Crippen molar-refractivity contribution in [1.29, 1.82) is 5.26 Å². The lowest BCUT2D eigenvalue weighted by molar-refractivity contribution is -0.112. The first-order chi connectivity index (χ1) is 14.9. The highest BCUT2D eigenvalue weighted by molar-refractivity contribution is 9.10. The molecule has 0 aliphatic heterocycles. The fraction of sp³-hybridized carbons (Fsp3) is 0.0435. The average Bonchev–Trinajstić information content (AvgIpc) is 2.74. The van der Waals surface area contributed by atoms with E-state index in [1.807, 2.05) is 30.3 Å². The zero-order valence-corrected chi connectivity index (χ0v) is 18.9. The van der Waals surface area contributed by atoms with Gasteiger partial charge in [0, 0.05) is 10.2 Å². The number of carbonyl (C=O) groups excluding carboxylic acids is 1. The zero-order chi connectivity index (χ0) is 22.4. The predicted octanol–water partition coefficient (Wildman–Crippen LogP) is 7.02. The third-order valence-corrected chi connectivity index (χ3v) is 5.19. The van der Waals surface area contributed by atoms with Crippen LogP contribution < -0.4 is 10.1 Å². The van der Waals surface area contributed by atoms with Gasteiger partial charge in [0.05, 0.1) is 10.0 Å². The van der Waals surface area contributed by atoms with E-state index >= 15 is 0 Å². The summed E-state index contributed by atoms with van der Waals surface area (Å²) in [5.41, 5.74) is 1.58. The largest absolute Gasteiger partial charge is 0.486 e. The topological polar surface area (TPSA) is 62.1 Å². The van der Waals surface area contributed by atoms with E-state index < -0.39 is 11.7 Å². The van der Waals surface area contributed by atoms with Gasteiger partial charge in [-0.2, -0.15) is 5.26 Å². The number of nitrogens with zero attached hydrogens (tertiary/aromatic N) is 1. The number of amides is 1. The minimum atomic E-state index is -0.642. The lowest BCUT2D eigenvalue weighted by atomic mass is 10.1. The van der Waals surface area contributed by atoms with Gasteiger partial charge in [-0.15, -0.1) is 0 Å². The average molecular weight is 520 g/mol. The maximum absolute atomic E-state index is 13.0. The van der Waals surface area contributed by atoms with E-state index in [4.69, 9.17) is 27.9 Å². The molecular formula is C23H14BrCl2FN2O2. The normalized spacial score (nSPS) is 11.0. The molecule has 0 aliphatic rings. The number of hydrogen-bond donors (Lipinski definition) is 1. The van der Waals surface area contributed by atoms with Crippen molar-refractivity contribution in [3.8, 4) is 11.8 Å². The molecule has 0 atom stereocenters. The van der Waals surface area contributed by atoms with Gasteiger partial charge >= 0.3 is 0 Å². The summed E-state index contributed by atoms with van der Waals surface area (Å²) in [6.45, 7) is 0.269. The molecule has 1 N–H and O–H groups in total. The van der Waals surface area contributed by atoms with E-state index in [-0.39, 0.29) is 22.2 Å². The minimum absolute atomic E-state index is 0.167. The Labute approximate surface area is 197 Å². The van der Waals surface area contributed by atoms with Crippen LogP contribution in [0.1, 0.15) is 11.1 Å². The first-order valence-electron chi connectivity index (χ1n) is 8.90. The van der Waals surface area contributed by atoms with Crippen molar-refractivity contribution in [1.82, 2.24) is 0 Å². The third kappa shape index (κ3) is 6.31. The lowest BCUT2D eigenvalue weighted by Crippen LogP contribution is -2.13. The van der Waals surface area contributed by atoms with Crippen LogP contribution in [0, 0.1) is 17.1 Å². The quantitative estimate of drug-likeness (QED) is 0.281. The van der Waals surface area contributed by atoms with Crippen molar-refractivity contribution in [2.45, 2.75) is 6.61 Å². The number of benzene rings is 3.